The van der Waals surface area contributed by atoms with Crippen molar-refractivity contribution in [1.29, 1.82) is 0 Å². The van der Waals surface area contributed by atoms with Crippen LogP contribution in [-0.4, -0.2) is 32.2 Å². The molecule has 0 radical (unpaired) electrons. The van der Waals surface area contributed by atoms with E-state index in [-0.39, 0.29) is 0 Å². The summed E-state index contributed by atoms with van der Waals surface area (Å²) in [5, 5.41) is 4.24. The molecule has 7 heteroatoms. The monoisotopic (exact) mass is 267 g/mol. The quantitative estimate of drug-likeness (QED) is 0.463. The van der Waals surface area contributed by atoms with Gasteiger partial charge in [-0.2, -0.15) is 5.10 Å². The Morgan fingerprint density at radius 3 is 3.05 bits per heavy atom. The maximum atomic E-state index is 13.1. The molecule has 3 aromatic rings. The van der Waals surface area contributed by atoms with Crippen LogP contribution in [0.2, 0.25) is 0 Å². The third kappa shape index (κ3) is 1.46. The topological polar surface area (TPSA) is 48.5 Å². The number of rotatable bonds is 1. The van der Waals surface area contributed by atoms with Crippen LogP contribution < -0.4 is 5.46 Å². The van der Waals surface area contributed by atoms with E-state index in [2.05, 4.69) is 21.1 Å². The summed E-state index contributed by atoms with van der Waals surface area (Å²) in [6, 6.07) is 6.12. The van der Waals surface area contributed by atoms with Gasteiger partial charge in [0.2, 0.25) is 0 Å². The number of nitrogens with zero attached hydrogens (tertiary/aromatic N) is 5. The average molecular weight is 267 g/mol. The molecule has 1 aromatic carbocycles. The molecule has 0 bridgehead atoms. The highest BCUT2D eigenvalue weighted by atomic mass is 19.1. The Morgan fingerprint density at radius 1 is 1.30 bits per heavy atom. The Balaban J connectivity index is 2.09. The van der Waals surface area contributed by atoms with E-state index in [1.54, 1.807) is 11.0 Å². The standard InChI is InChI=1S/C13H11BFN5/c14-8-1-2-11-9(3-8)13-16-6-18-20(13)5-12-10(4-15)17-7-19(11)12/h1-3,6-7H,4-5,14H2. The average Bonchev–Trinajstić information content (AvgIpc) is 3.04. The third-order valence-corrected chi connectivity index (χ3v) is 3.65. The van der Waals surface area contributed by atoms with Gasteiger partial charge in [-0.25, -0.2) is 19.0 Å². The smallest absolute Gasteiger partial charge is 0.160 e. The molecule has 0 saturated heterocycles. The molecule has 1 aliphatic rings. The Labute approximate surface area is 115 Å². The van der Waals surface area contributed by atoms with Crippen molar-refractivity contribution in [3.63, 3.8) is 0 Å². The van der Waals surface area contributed by atoms with Crippen LogP contribution in [0.4, 0.5) is 4.39 Å². The summed E-state index contributed by atoms with van der Waals surface area (Å²) in [5.74, 6) is 0.803. The van der Waals surface area contributed by atoms with Crippen molar-refractivity contribution in [2.45, 2.75) is 13.2 Å². The summed E-state index contributed by atoms with van der Waals surface area (Å²) in [5.41, 5.74) is 4.38. The summed E-state index contributed by atoms with van der Waals surface area (Å²) < 4.78 is 16.8. The molecule has 4 rings (SSSR count). The van der Waals surface area contributed by atoms with Crippen molar-refractivity contribution < 1.29 is 4.39 Å². The number of imidazole rings is 1. The van der Waals surface area contributed by atoms with Crippen LogP contribution >= 0.6 is 0 Å². The van der Waals surface area contributed by atoms with E-state index >= 15 is 0 Å². The molecule has 0 fully saturated rings. The molecule has 0 unspecified atom stereocenters. The minimum absolute atomic E-state index is 0.458. The molecule has 98 valence electrons. The van der Waals surface area contributed by atoms with E-state index in [1.165, 1.54) is 6.33 Å². The number of alkyl halides is 1. The highest BCUT2D eigenvalue weighted by Crippen LogP contribution is 2.30. The zero-order chi connectivity index (χ0) is 13.7. The molecule has 20 heavy (non-hydrogen) atoms. The van der Waals surface area contributed by atoms with Gasteiger partial charge in [0.15, 0.2) is 5.82 Å². The van der Waals surface area contributed by atoms with Crippen LogP contribution in [0, 0.1) is 0 Å². The Kier molecular flexibility index (Phi) is 2.30. The summed E-state index contributed by atoms with van der Waals surface area (Å²) in [6.45, 7) is -0.101. The van der Waals surface area contributed by atoms with Gasteiger partial charge in [0.1, 0.15) is 20.8 Å². The largest absolute Gasteiger partial charge is 0.300 e. The number of hydrogen-bond acceptors (Lipinski definition) is 3. The normalized spacial score (nSPS) is 12.4. The van der Waals surface area contributed by atoms with Crippen LogP contribution in [0.3, 0.4) is 0 Å². The van der Waals surface area contributed by atoms with Crippen molar-refractivity contribution in [2.75, 3.05) is 0 Å². The first kappa shape index (κ1) is 11.4. The lowest BCUT2D eigenvalue weighted by Crippen LogP contribution is -2.06. The summed E-state index contributed by atoms with van der Waals surface area (Å²) >= 11 is 0. The van der Waals surface area contributed by atoms with Crippen LogP contribution in [-0.2, 0) is 13.2 Å². The minimum Gasteiger partial charge on any atom is -0.300 e. The molecule has 0 amide bonds. The maximum absolute atomic E-state index is 13.1. The predicted octanol–water partition coefficient (Wildman–Crippen LogP) is 0.220. The Morgan fingerprint density at radius 2 is 2.20 bits per heavy atom. The molecular formula is C13H11BFN5. The summed E-state index contributed by atoms with van der Waals surface area (Å²) in [6.07, 6.45) is 3.20. The van der Waals surface area contributed by atoms with Crippen LogP contribution in [0.1, 0.15) is 11.4 Å². The van der Waals surface area contributed by atoms with Gasteiger partial charge in [-0.05, 0) is 6.07 Å². The van der Waals surface area contributed by atoms with E-state index in [0.717, 1.165) is 28.2 Å². The number of hydrogen-bond donors (Lipinski definition) is 0. The van der Waals surface area contributed by atoms with Crippen LogP contribution in [0.15, 0.2) is 30.9 Å². The van der Waals surface area contributed by atoms with E-state index < -0.39 is 6.67 Å². The van der Waals surface area contributed by atoms with Crippen molar-refractivity contribution in [3.8, 4) is 17.1 Å². The fourth-order valence-corrected chi connectivity index (χ4v) is 2.67. The van der Waals surface area contributed by atoms with Gasteiger partial charge in [-0.1, -0.05) is 17.6 Å². The fourth-order valence-electron chi connectivity index (χ4n) is 2.67. The molecule has 0 atom stereocenters. The molecule has 0 spiro atoms. The second-order valence-electron chi connectivity index (χ2n) is 4.90. The lowest BCUT2D eigenvalue weighted by molar-refractivity contribution is 0.471. The van der Waals surface area contributed by atoms with E-state index in [4.69, 9.17) is 0 Å². The first-order valence-corrected chi connectivity index (χ1v) is 6.38. The van der Waals surface area contributed by atoms with Gasteiger partial charge in [0.25, 0.3) is 0 Å². The molecular weight excluding hydrogens is 256 g/mol. The molecule has 0 saturated carbocycles. The van der Waals surface area contributed by atoms with Gasteiger partial charge in [-0.3, -0.25) is 0 Å². The lowest BCUT2D eigenvalue weighted by Gasteiger charge is -2.09. The number of benzene rings is 1. The number of fused-ring (bicyclic) bond motifs is 5. The first-order chi connectivity index (χ1) is 9.78. The van der Waals surface area contributed by atoms with Crippen molar-refractivity contribution in [2.24, 2.45) is 0 Å². The van der Waals surface area contributed by atoms with Gasteiger partial charge in [-0.15, -0.1) is 0 Å². The molecule has 1 aliphatic heterocycles. The minimum atomic E-state index is -0.576. The van der Waals surface area contributed by atoms with Crippen molar-refractivity contribution in [3.05, 3.63) is 42.2 Å². The molecule has 0 aliphatic carbocycles. The van der Waals surface area contributed by atoms with Gasteiger partial charge >= 0.3 is 0 Å². The van der Waals surface area contributed by atoms with Gasteiger partial charge in [0, 0.05) is 5.56 Å². The van der Waals surface area contributed by atoms with Crippen molar-refractivity contribution in [1.82, 2.24) is 24.3 Å². The predicted molar refractivity (Wildman–Crippen MR) is 74.7 cm³/mol. The van der Waals surface area contributed by atoms with E-state index in [1.807, 2.05) is 24.5 Å². The Hall–Kier alpha value is -2.44. The molecule has 3 heterocycles. The van der Waals surface area contributed by atoms with Crippen LogP contribution in [0.5, 0.6) is 0 Å². The van der Waals surface area contributed by atoms with Crippen molar-refractivity contribution >= 4 is 13.3 Å². The molecule has 5 nitrogen and oxygen atoms in total. The molecule has 0 N–H and O–H groups in total. The summed E-state index contributed by atoms with van der Waals surface area (Å²) in [7, 11) is 2.04. The zero-order valence-corrected chi connectivity index (χ0v) is 10.9. The highest BCUT2D eigenvalue weighted by Gasteiger charge is 2.23. The fraction of sp³-hybridized carbons (Fsp3) is 0.154. The van der Waals surface area contributed by atoms with E-state index in [0.29, 0.717) is 12.2 Å². The first-order valence-electron chi connectivity index (χ1n) is 6.38. The zero-order valence-electron chi connectivity index (χ0n) is 10.9. The third-order valence-electron chi connectivity index (χ3n) is 3.65. The maximum Gasteiger partial charge on any atom is 0.160 e. The lowest BCUT2D eigenvalue weighted by atomic mass is 9.93. The van der Waals surface area contributed by atoms with Crippen LogP contribution in [0.25, 0.3) is 17.1 Å². The number of aromatic nitrogens is 5. The van der Waals surface area contributed by atoms with E-state index in [9.17, 15) is 4.39 Å². The second kappa shape index (κ2) is 4.03. The van der Waals surface area contributed by atoms with Gasteiger partial charge in [0.05, 0.1) is 29.9 Å². The SMILES string of the molecule is Bc1ccc2c(c1)-c1ncnn1Cc1c(CF)ncn1-2. The van der Waals surface area contributed by atoms with Gasteiger partial charge < -0.3 is 4.57 Å². The highest BCUT2D eigenvalue weighted by molar-refractivity contribution is 6.32. The Bertz CT molecular complexity index is 807. The second-order valence-corrected chi connectivity index (χ2v) is 4.90. The summed E-state index contributed by atoms with van der Waals surface area (Å²) in [4.78, 5) is 8.50. The molecule has 2 aromatic heterocycles. The number of halogens is 1.